The van der Waals surface area contributed by atoms with Crippen LogP contribution in [-0.4, -0.2) is 9.55 Å². The number of aromatic nitrogens is 2. The van der Waals surface area contributed by atoms with Gasteiger partial charge in [-0.1, -0.05) is 0 Å². The predicted octanol–water partition coefficient (Wildman–Crippen LogP) is 2.66. The molecule has 0 amide bonds. The van der Waals surface area contributed by atoms with E-state index in [2.05, 4.69) is 4.98 Å². The topological polar surface area (TPSA) is 17.8 Å². The first-order valence-electron chi connectivity index (χ1n) is 3.67. The second kappa shape index (κ2) is 3.57. The Morgan fingerprint density at radius 3 is 2.54 bits per heavy atom. The lowest BCUT2D eigenvalue weighted by molar-refractivity contribution is -0.141. The lowest BCUT2D eigenvalue weighted by atomic mass is 10.3. The number of halogens is 4. The van der Waals surface area contributed by atoms with E-state index in [9.17, 15) is 13.2 Å². The lowest BCUT2D eigenvalue weighted by Crippen LogP contribution is -2.10. The van der Waals surface area contributed by atoms with Crippen molar-refractivity contribution < 1.29 is 13.2 Å². The second-order valence-corrected chi connectivity index (χ2v) is 2.72. The van der Waals surface area contributed by atoms with Gasteiger partial charge in [0.25, 0.3) is 0 Å². The van der Waals surface area contributed by atoms with Gasteiger partial charge in [0.15, 0.2) is 5.69 Å². The van der Waals surface area contributed by atoms with Gasteiger partial charge < -0.3 is 4.57 Å². The SMILES string of the molecule is CCn1cnc(C(F)(F)F)c1CCl. The molecule has 0 bridgehead atoms. The summed E-state index contributed by atoms with van der Waals surface area (Å²) >= 11 is 5.40. The van der Waals surface area contributed by atoms with Crippen molar-refractivity contribution in [2.45, 2.75) is 25.5 Å². The summed E-state index contributed by atoms with van der Waals surface area (Å²) in [5.74, 6) is -0.178. The molecule has 0 fully saturated rings. The summed E-state index contributed by atoms with van der Waals surface area (Å²) in [6, 6.07) is 0. The van der Waals surface area contributed by atoms with Crippen molar-refractivity contribution in [2.24, 2.45) is 0 Å². The van der Waals surface area contributed by atoms with Crippen LogP contribution in [0.25, 0.3) is 0 Å². The van der Waals surface area contributed by atoms with Crippen molar-refractivity contribution in [3.8, 4) is 0 Å². The standard InChI is InChI=1S/C7H8ClF3N2/c1-2-13-4-12-6(5(13)3-8)7(9,10)11/h4H,2-3H2,1H3. The zero-order valence-corrected chi connectivity index (χ0v) is 7.65. The Morgan fingerprint density at radius 2 is 2.15 bits per heavy atom. The highest BCUT2D eigenvalue weighted by molar-refractivity contribution is 6.17. The minimum Gasteiger partial charge on any atom is -0.333 e. The zero-order chi connectivity index (χ0) is 10.1. The third-order valence-electron chi connectivity index (χ3n) is 1.68. The summed E-state index contributed by atoms with van der Waals surface area (Å²) in [4.78, 5) is 3.28. The van der Waals surface area contributed by atoms with E-state index in [1.54, 1.807) is 6.92 Å². The summed E-state index contributed by atoms with van der Waals surface area (Å²) in [6.07, 6.45) is -3.26. The Bertz CT molecular complexity index is 292. The largest absolute Gasteiger partial charge is 0.435 e. The van der Waals surface area contributed by atoms with E-state index in [1.165, 1.54) is 4.57 Å². The molecule has 0 saturated carbocycles. The minimum absolute atomic E-state index is 0.0247. The smallest absolute Gasteiger partial charge is 0.333 e. The minimum atomic E-state index is -4.41. The molecule has 74 valence electrons. The molecule has 0 saturated heterocycles. The molecule has 0 unspecified atom stereocenters. The van der Waals surface area contributed by atoms with Gasteiger partial charge in [-0.25, -0.2) is 4.98 Å². The van der Waals surface area contributed by atoms with Gasteiger partial charge in [0.2, 0.25) is 0 Å². The van der Waals surface area contributed by atoms with Crippen molar-refractivity contribution >= 4 is 11.6 Å². The van der Waals surface area contributed by atoms with Crippen LogP contribution in [0.4, 0.5) is 13.2 Å². The van der Waals surface area contributed by atoms with Crippen LogP contribution in [0.2, 0.25) is 0 Å². The fourth-order valence-electron chi connectivity index (χ4n) is 1.06. The van der Waals surface area contributed by atoms with E-state index in [0.29, 0.717) is 6.54 Å². The van der Waals surface area contributed by atoms with Gasteiger partial charge in [-0.2, -0.15) is 13.2 Å². The summed E-state index contributed by atoms with van der Waals surface area (Å²) in [5, 5.41) is 0. The molecule has 1 aromatic heterocycles. The molecule has 0 radical (unpaired) electrons. The maximum Gasteiger partial charge on any atom is 0.435 e. The van der Waals surface area contributed by atoms with Crippen LogP contribution in [0.5, 0.6) is 0 Å². The van der Waals surface area contributed by atoms with Gasteiger partial charge in [0.1, 0.15) is 0 Å². The molecule has 0 N–H and O–H groups in total. The number of imidazole rings is 1. The number of aryl methyl sites for hydroxylation is 1. The molecule has 2 nitrogen and oxygen atoms in total. The molecule has 6 heteroatoms. The fourth-order valence-corrected chi connectivity index (χ4v) is 1.34. The van der Waals surface area contributed by atoms with E-state index in [0.717, 1.165) is 6.33 Å². The van der Waals surface area contributed by atoms with Crippen molar-refractivity contribution in [1.82, 2.24) is 9.55 Å². The molecule has 0 aliphatic carbocycles. The molecule has 1 heterocycles. The van der Waals surface area contributed by atoms with E-state index in [-0.39, 0.29) is 11.6 Å². The number of rotatable bonds is 2. The molecule has 0 aliphatic rings. The third-order valence-corrected chi connectivity index (χ3v) is 1.94. The van der Waals surface area contributed by atoms with Crippen LogP contribution < -0.4 is 0 Å². The molecule has 0 aromatic carbocycles. The monoisotopic (exact) mass is 212 g/mol. The molecule has 13 heavy (non-hydrogen) atoms. The Balaban J connectivity index is 3.16. The maximum absolute atomic E-state index is 12.3. The van der Waals surface area contributed by atoms with Crippen molar-refractivity contribution in [2.75, 3.05) is 0 Å². The van der Waals surface area contributed by atoms with Gasteiger partial charge in [0, 0.05) is 6.54 Å². The Morgan fingerprint density at radius 1 is 1.54 bits per heavy atom. The molecule has 0 atom stereocenters. The maximum atomic E-state index is 12.3. The zero-order valence-electron chi connectivity index (χ0n) is 6.90. The van der Waals surface area contributed by atoms with Gasteiger partial charge >= 0.3 is 6.18 Å². The third kappa shape index (κ3) is 1.96. The fraction of sp³-hybridized carbons (Fsp3) is 0.571. The first kappa shape index (κ1) is 10.4. The van der Waals surface area contributed by atoms with Gasteiger partial charge in [-0.3, -0.25) is 0 Å². The van der Waals surface area contributed by atoms with E-state index >= 15 is 0 Å². The summed E-state index contributed by atoms with van der Waals surface area (Å²) in [7, 11) is 0. The number of hydrogen-bond donors (Lipinski definition) is 0. The van der Waals surface area contributed by atoms with E-state index in [4.69, 9.17) is 11.6 Å². The molecule has 0 spiro atoms. The van der Waals surface area contributed by atoms with Crippen LogP contribution in [-0.2, 0) is 18.6 Å². The Labute approximate surface area is 78.3 Å². The number of hydrogen-bond acceptors (Lipinski definition) is 1. The highest BCUT2D eigenvalue weighted by Gasteiger charge is 2.36. The van der Waals surface area contributed by atoms with Crippen molar-refractivity contribution in [1.29, 1.82) is 0 Å². The summed E-state index contributed by atoms with van der Waals surface area (Å²) in [5.41, 5.74) is -0.860. The predicted molar refractivity (Wildman–Crippen MR) is 42.5 cm³/mol. The van der Waals surface area contributed by atoms with Crippen LogP contribution in [0.15, 0.2) is 6.33 Å². The van der Waals surface area contributed by atoms with Crippen LogP contribution in [0, 0.1) is 0 Å². The molecule has 1 rings (SSSR count). The summed E-state index contributed by atoms with van der Waals surface area (Å²) < 4.78 is 38.1. The molecule has 1 aromatic rings. The van der Waals surface area contributed by atoms with Gasteiger partial charge in [-0.15, -0.1) is 11.6 Å². The Kier molecular flexibility index (Phi) is 2.85. The molecule has 0 aliphatic heterocycles. The first-order chi connectivity index (χ1) is 6.00. The van der Waals surface area contributed by atoms with Crippen LogP contribution in [0.3, 0.4) is 0 Å². The van der Waals surface area contributed by atoms with Crippen molar-refractivity contribution in [3.05, 3.63) is 17.7 Å². The lowest BCUT2D eigenvalue weighted by Gasteiger charge is -2.06. The average Bonchev–Trinajstić information content (AvgIpc) is 2.45. The van der Waals surface area contributed by atoms with Crippen molar-refractivity contribution in [3.63, 3.8) is 0 Å². The number of nitrogens with zero attached hydrogens (tertiary/aromatic N) is 2. The average molecular weight is 213 g/mol. The Hall–Kier alpha value is -0.710. The first-order valence-corrected chi connectivity index (χ1v) is 4.21. The van der Waals surface area contributed by atoms with Crippen LogP contribution in [0.1, 0.15) is 18.3 Å². The van der Waals surface area contributed by atoms with E-state index in [1.807, 2.05) is 0 Å². The highest BCUT2D eigenvalue weighted by Crippen LogP contribution is 2.31. The van der Waals surface area contributed by atoms with Gasteiger partial charge in [-0.05, 0) is 6.92 Å². The van der Waals surface area contributed by atoms with Crippen LogP contribution >= 0.6 is 11.6 Å². The van der Waals surface area contributed by atoms with Gasteiger partial charge in [0.05, 0.1) is 17.9 Å². The quantitative estimate of drug-likeness (QED) is 0.690. The summed E-state index contributed by atoms with van der Waals surface area (Å²) in [6.45, 7) is 2.17. The molecular weight excluding hydrogens is 205 g/mol. The normalized spacial score (nSPS) is 12.1. The van der Waals surface area contributed by atoms with E-state index < -0.39 is 11.9 Å². The second-order valence-electron chi connectivity index (χ2n) is 2.46. The highest BCUT2D eigenvalue weighted by atomic mass is 35.5. The molecular formula is C7H8ClF3N2. The number of alkyl halides is 4.